The molecule has 0 spiro atoms. The molecule has 0 atom stereocenters. The quantitative estimate of drug-likeness (QED) is 0.477. The molecule has 2 heterocycles. The molecule has 2 aromatic carbocycles. The van der Waals surface area contributed by atoms with E-state index in [1.165, 1.54) is 11.3 Å². The maximum Gasteiger partial charge on any atom is 0.194 e. The Labute approximate surface area is 172 Å². The summed E-state index contributed by atoms with van der Waals surface area (Å²) in [5.41, 5.74) is 3.42. The lowest BCUT2D eigenvalue weighted by Gasteiger charge is -2.37. The van der Waals surface area contributed by atoms with Crippen LogP contribution in [0.2, 0.25) is 0 Å². The van der Waals surface area contributed by atoms with Crippen LogP contribution in [-0.4, -0.2) is 62.3 Å². The number of hydrogen-bond acceptors (Lipinski definition) is 4. The molecule has 6 heteroatoms. The van der Waals surface area contributed by atoms with Gasteiger partial charge < -0.3 is 25.1 Å². The predicted octanol–water partition coefficient (Wildman–Crippen LogP) is 2.67. The highest BCUT2D eigenvalue weighted by Gasteiger charge is 2.21. The van der Waals surface area contributed by atoms with E-state index in [-0.39, 0.29) is 0 Å². The van der Waals surface area contributed by atoms with Gasteiger partial charge in [-0.15, -0.1) is 0 Å². The molecule has 0 unspecified atom stereocenters. The minimum atomic E-state index is 0.344. The monoisotopic (exact) mass is 391 g/mol. The Hall–Kier alpha value is -3.15. The molecule has 29 heavy (non-hydrogen) atoms. The molecule has 1 saturated heterocycles. The Kier molecular flexibility index (Phi) is 5.89. The van der Waals surface area contributed by atoms with Crippen LogP contribution in [0.3, 0.4) is 0 Å². The van der Waals surface area contributed by atoms with E-state index in [9.17, 15) is 5.11 Å². The zero-order chi connectivity index (χ0) is 20.1. The summed E-state index contributed by atoms with van der Waals surface area (Å²) in [6.07, 6.45) is 4.42. The Morgan fingerprint density at radius 2 is 1.72 bits per heavy atom. The van der Waals surface area contributed by atoms with Crippen molar-refractivity contribution in [3.63, 3.8) is 0 Å². The highest BCUT2D eigenvalue weighted by molar-refractivity contribution is 5.80. The van der Waals surface area contributed by atoms with Crippen LogP contribution in [0.4, 0.5) is 11.4 Å². The maximum absolute atomic E-state index is 10.1. The van der Waals surface area contributed by atoms with Gasteiger partial charge in [-0.05, 0) is 29.8 Å². The summed E-state index contributed by atoms with van der Waals surface area (Å²) in [5.74, 6) is 1.27. The molecule has 1 fully saturated rings. The van der Waals surface area contributed by atoms with E-state index in [0.29, 0.717) is 5.75 Å². The Balaban J connectivity index is 1.32. The van der Waals surface area contributed by atoms with Crippen LogP contribution < -0.4 is 15.1 Å². The zero-order valence-corrected chi connectivity index (χ0v) is 17.0. The molecular formula is C23H29N5O. The molecule has 0 bridgehead atoms. The summed E-state index contributed by atoms with van der Waals surface area (Å²) in [4.78, 5) is 11.4. The van der Waals surface area contributed by atoms with E-state index in [4.69, 9.17) is 0 Å². The van der Waals surface area contributed by atoms with Crippen molar-refractivity contribution in [1.29, 1.82) is 0 Å². The molecule has 0 aromatic heterocycles. The van der Waals surface area contributed by atoms with Crippen LogP contribution >= 0.6 is 0 Å². The van der Waals surface area contributed by atoms with E-state index in [2.05, 4.69) is 61.4 Å². The number of aromatic hydroxyl groups is 1. The van der Waals surface area contributed by atoms with Crippen molar-refractivity contribution < 1.29 is 5.11 Å². The maximum atomic E-state index is 10.1. The van der Waals surface area contributed by atoms with Crippen LogP contribution in [-0.2, 0) is 6.54 Å². The molecule has 2 aliphatic heterocycles. The summed E-state index contributed by atoms with van der Waals surface area (Å²) in [6.45, 7) is 6.17. The fourth-order valence-electron chi connectivity index (χ4n) is 3.96. The molecule has 0 aliphatic carbocycles. The number of anilines is 2. The topological polar surface area (TPSA) is 54.3 Å². The van der Waals surface area contributed by atoms with Crippen molar-refractivity contribution in [3.05, 3.63) is 66.2 Å². The van der Waals surface area contributed by atoms with Gasteiger partial charge in [0.1, 0.15) is 5.75 Å². The van der Waals surface area contributed by atoms with Gasteiger partial charge in [-0.25, -0.2) is 0 Å². The van der Waals surface area contributed by atoms with Crippen LogP contribution in [0.5, 0.6) is 5.75 Å². The molecule has 2 aliphatic rings. The van der Waals surface area contributed by atoms with Gasteiger partial charge in [0.15, 0.2) is 5.96 Å². The van der Waals surface area contributed by atoms with Gasteiger partial charge in [0, 0.05) is 58.5 Å². The van der Waals surface area contributed by atoms with Crippen molar-refractivity contribution >= 4 is 17.3 Å². The van der Waals surface area contributed by atoms with E-state index in [1.54, 1.807) is 6.07 Å². The van der Waals surface area contributed by atoms with Gasteiger partial charge in [-0.3, -0.25) is 4.99 Å². The number of para-hydroxylation sites is 2. The van der Waals surface area contributed by atoms with Crippen LogP contribution in [0, 0.1) is 0 Å². The van der Waals surface area contributed by atoms with Gasteiger partial charge in [0.25, 0.3) is 0 Å². The Bertz CT molecular complexity index is 878. The summed E-state index contributed by atoms with van der Waals surface area (Å²) in [7, 11) is 1.84. The van der Waals surface area contributed by atoms with Crippen molar-refractivity contribution in [3.8, 4) is 5.75 Å². The zero-order valence-electron chi connectivity index (χ0n) is 17.0. The van der Waals surface area contributed by atoms with Crippen LogP contribution in [0.15, 0.2) is 65.7 Å². The number of piperazine rings is 1. The van der Waals surface area contributed by atoms with E-state index >= 15 is 0 Å². The molecule has 0 radical (unpaired) electrons. The summed E-state index contributed by atoms with van der Waals surface area (Å²) < 4.78 is 0. The summed E-state index contributed by atoms with van der Waals surface area (Å²) in [6, 6.07) is 16.2. The van der Waals surface area contributed by atoms with Crippen molar-refractivity contribution in [2.75, 3.05) is 56.1 Å². The van der Waals surface area contributed by atoms with Gasteiger partial charge >= 0.3 is 0 Å². The summed E-state index contributed by atoms with van der Waals surface area (Å²) in [5, 5.41) is 13.6. The smallest absolute Gasteiger partial charge is 0.194 e. The number of phenols is 1. The summed E-state index contributed by atoms with van der Waals surface area (Å²) >= 11 is 0. The second-order valence-electron chi connectivity index (χ2n) is 7.41. The fraction of sp³-hybridized carbons (Fsp3) is 0.348. The van der Waals surface area contributed by atoms with Gasteiger partial charge in [0.05, 0.1) is 5.69 Å². The number of guanidine groups is 1. The first kappa shape index (κ1) is 19.2. The van der Waals surface area contributed by atoms with Crippen molar-refractivity contribution in [2.45, 2.75) is 6.54 Å². The first-order valence-corrected chi connectivity index (χ1v) is 10.2. The SMILES string of the molecule is CN=C(NCc1cccc(N2CC=CC2)c1)N1CCN(c2ccccc2O)CC1. The Morgan fingerprint density at radius 1 is 0.966 bits per heavy atom. The number of hydrogen-bond donors (Lipinski definition) is 2. The number of rotatable bonds is 4. The molecule has 4 rings (SSSR count). The molecule has 152 valence electrons. The molecule has 2 N–H and O–H groups in total. The standard InChI is InChI=1S/C23H29N5O/c1-24-23(25-18-19-7-6-8-20(17-19)26-11-4-5-12-26)28-15-13-27(14-16-28)21-9-2-3-10-22(21)29/h2-10,17,29H,11-16,18H2,1H3,(H,24,25). The molecule has 2 aromatic rings. The third kappa shape index (κ3) is 4.47. The second-order valence-corrected chi connectivity index (χ2v) is 7.41. The van der Waals surface area contributed by atoms with Gasteiger partial charge in [0.2, 0.25) is 0 Å². The number of phenolic OH excluding ortho intramolecular Hbond substituents is 1. The van der Waals surface area contributed by atoms with Gasteiger partial charge in [-0.2, -0.15) is 0 Å². The normalized spacial score (nSPS) is 17.1. The van der Waals surface area contributed by atoms with Crippen molar-refractivity contribution in [1.82, 2.24) is 10.2 Å². The minimum Gasteiger partial charge on any atom is -0.506 e. The first-order valence-electron chi connectivity index (χ1n) is 10.2. The molecule has 6 nitrogen and oxygen atoms in total. The van der Waals surface area contributed by atoms with Crippen molar-refractivity contribution in [2.24, 2.45) is 4.99 Å². The molecule has 0 amide bonds. The lowest BCUT2D eigenvalue weighted by molar-refractivity contribution is 0.369. The van der Waals surface area contributed by atoms with E-state index < -0.39 is 0 Å². The lowest BCUT2D eigenvalue weighted by Crippen LogP contribution is -2.52. The lowest BCUT2D eigenvalue weighted by atomic mass is 10.2. The fourth-order valence-corrected chi connectivity index (χ4v) is 3.96. The number of benzene rings is 2. The van der Waals surface area contributed by atoms with Crippen LogP contribution in [0.25, 0.3) is 0 Å². The highest BCUT2D eigenvalue weighted by atomic mass is 16.3. The van der Waals surface area contributed by atoms with Crippen LogP contribution in [0.1, 0.15) is 5.56 Å². The third-order valence-corrected chi connectivity index (χ3v) is 5.56. The second kappa shape index (κ2) is 8.90. The van der Waals surface area contributed by atoms with E-state index in [0.717, 1.165) is 57.5 Å². The predicted molar refractivity (Wildman–Crippen MR) is 120 cm³/mol. The average Bonchev–Trinajstić information content (AvgIpc) is 3.30. The van der Waals surface area contributed by atoms with E-state index in [1.807, 2.05) is 25.2 Å². The Morgan fingerprint density at radius 3 is 2.45 bits per heavy atom. The minimum absolute atomic E-state index is 0.344. The first-order chi connectivity index (χ1) is 14.2. The molecular weight excluding hydrogens is 362 g/mol. The highest BCUT2D eigenvalue weighted by Crippen LogP contribution is 2.27. The number of nitrogens with one attached hydrogen (secondary N) is 1. The van der Waals surface area contributed by atoms with Gasteiger partial charge in [-0.1, -0.05) is 36.4 Å². The third-order valence-electron chi connectivity index (χ3n) is 5.56. The number of nitrogens with zero attached hydrogens (tertiary/aromatic N) is 4. The largest absolute Gasteiger partial charge is 0.506 e. The molecule has 0 saturated carbocycles. The average molecular weight is 392 g/mol. The number of aliphatic imine (C=N–C) groups is 1.